The molecule has 0 aliphatic rings. The zero-order valence-corrected chi connectivity index (χ0v) is 11.3. The van der Waals surface area contributed by atoms with Crippen LogP contribution in [0.5, 0.6) is 0 Å². The second-order valence-corrected chi connectivity index (χ2v) is 5.09. The van der Waals surface area contributed by atoms with Crippen molar-refractivity contribution in [1.29, 1.82) is 0 Å². The van der Waals surface area contributed by atoms with Crippen molar-refractivity contribution in [3.63, 3.8) is 0 Å². The monoisotopic (exact) mass is 319 g/mol. The molecule has 1 radical (unpaired) electrons. The van der Waals surface area contributed by atoms with Crippen LogP contribution in [0.4, 0.5) is 4.39 Å². The summed E-state index contributed by atoms with van der Waals surface area (Å²) in [5, 5.41) is 0. The summed E-state index contributed by atoms with van der Waals surface area (Å²) in [5.74, 6) is -0.222. The van der Waals surface area contributed by atoms with E-state index in [0.717, 1.165) is 12.0 Å². The van der Waals surface area contributed by atoms with Gasteiger partial charge in [0.15, 0.2) is 0 Å². The largest absolute Gasteiger partial charge is 0.250 e. The number of aryl methyl sites for hydroxylation is 1. The van der Waals surface area contributed by atoms with E-state index in [0.29, 0.717) is 0 Å². The van der Waals surface area contributed by atoms with E-state index in [9.17, 15) is 4.39 Å². The van der Waals surface area contributed by atoms with Crippen molar-refractivity contribution in [1.82, 2.24) is 0 Å². The standard InChI is InChI=1S/C13H17FI/c1-3-4-5-11-6-12(10(2)9-14)8-13(15)7-11/h6-8,10H,2-5,9H2,1H3. The van der Waals surface area contributed by atoms with Gasteiger partial charge in [0.05, 0.1) is 6.67 Å². The Balaban J connectivity index is 2.84. The van der Waals surface area contributed by atoms with Gasteiger partial charge in [-0.05, 0) is 65.6 Å². The quantitative estimate of drug-likeness (QED) is 0.700. The zero-order chi connectivity index (χ0) is 11.3. The molecule has 0 aromatic heterocycles. The van der Waals surface area contributed by atoms with Crippen molar-refractivity contribution in [3.8, 4) is 0 Å². The molecule has 0 saturated heterocycles. The Morgan fingerprint density at radius 2 is 2.13 bits per heavy atom. The van der Waals surface area contributed by atoms with Gasteiger partial charge in [-0.1, -0.05) is 19.4 Å². The van der Waals surface area contributed by atoms with E-state index < -0.39 is 0 Å². The Kier molecular flexibility index (Phi) is 5.58. The Morgan fingerprint density at radius 1 is 1.40 bits per heavy atom. The molecule has 83 valence electrons. The molecule has 0 amide bonds. The molecule has 1 aromatic rings. The summed E-state index contributed by atoms with van der Waals surface area (Å²) < 4.78 is 13.7. The van der Waals surface area contributed by atoms with Crippen LogP contribution in [-0.4, -0.2) is 6.67 Å². The summed E-state index contributed by atoms with van der Waals surface area (Å²) in [7, 11) is 0. The zero-order valence-electron chi connectivity index (χ0n) is 9.10. The SMILES string of the molecule is [CH2]C(CF)c1cc(I)cc(CCCC)c1. The van der Waals surface area contributed by atoms with Gasteiger partial charge in [-0.25, -0.2) is 0 Å². The fourth-order valence-electron chi connectivity index (χ4n) is 1.53. The maximum absolute atomic E-state index is 12.5. The third-order valence-corrected chi connectivity index (χ3v) is 3.08. The van der Waals surface area contributed by atoms with Crippen molar-refractivity contribution in [2.75, 3.05) is 6.67 Å². The smallest absolute Gasteiger partial charge is 0.0962 e. The van der Waals surface area contributed by atoms with Crippen molar-refractivity contribution in [2.45, 2.75) is 32.1 Å². The number of rotatable bonds is 5. The molecule has 0 aliphatic carbocycles. The minimum atomic E-state index is -0.382. The van der Waals surface area contributed by atoms with Crippen molar-refractivity contribution in [2.24, 2.45) is 0 Å². The highest BCUT2D eigenvalue weighted by Gasteiger charge is 2.07. The molecule has 0 aliphatic heterocycles. The minimum absolute atomic E-state index is 0.222. The Bertz CT molecular complexity index is 309. The lowest BCUT2D eigenvalue weighted by atomic mass is 9.98. The third-order valence-electron chi connectivity index (χ3n) is 2.46. The van der Waals surface area contributed by atoms with Gasteiger partial charge in [0.25, 0.3) is 0 Å². The molecule has 0 nitrogen and oxygen atoms in total. The molecule has 1 aromatic carbocycles. The second-order valence-electron chi connectivity index (χ2n) is 3.85. The first-order valence-electron chi connectivity index (χ1n) is 5.35. The topological polar surface area (TPSA) is 0 Å². The Hall–Kier alpha value is -0.120. The molecule has 0 bridgehead atoms. The van der Waals surface area contributed by atoms with Gasteiger partial charge >= 0.3 is 0 Å². The van der Waals surface area contributed by atoms with Crippen LogP contribution in [0.15, 0.2) is 18.2 Å². The lowest BCUT2D eigenvalue weighted by molar-refractivity contribution is 0.465. The van der Waals surface area contributed by atoms with Gasteiger partial charge in [-0.3, -0.25) is 4.39 Å². The van der Waals surface area contributed by atoms with E-state index in [4.69, 9.17) is 0 Å². The number of hydrogen-bond acceptors (Lipinski definition) is 0. The van der Waals surface area contributed by atoms with Gasteiger partial charge in [0.2, 0.25) is 0 Å². The minimum Gasteiger partial charge on any atom is -0.250 e. The van der Waals surface area contributed by atoms with Gasteiger partial charge in [-0.15, -0.1) is 0 Å². The summed E-state index contributed by atoms with van der Waals surface area (Å²) in [6, 6.07) is 6.28. The number of unbranched alkanes of at least 4 members (excludes halogenated alkanes) is 1. The summed E-state index contributed by atoms with van der Waals surface area (Å²) in [5.41, 5.74) is 2.33. The first kappa shape index (κ1) is 12.9. The van der Waals surface area contributed by atoms with Gasteiger partial charge in [-0.2, -0.15) is 0 Å². The van der Waals surface area contributed by atoms with Crippen LogP contribution in [-0.2, 0) is 6.42 Å². The Labute approximate surface area is 105 Å². The van der Waals surface area contributed by atoms with Crippen LogP contribution in [0.3, 0.4) is 0 Å². The van der Waals surface area contributed by atoms with Gasteiger partial charge < -0.3 is 0 Å². The molecular formula is C13H17FI. The molecule has 0 N–H and O–H groups in total. The maximum Gasteiger partial charge on any atom is 0.0962 e. The fourth-order valence-corrected chi connectivity index (χ4v) is 2.29. The number of alkyl halides is 1. The van der Waals surface area contributed by atoms with Crippen LogP contribution in [0.2, 0.25) is 0 Å². The van der Waals surface area contributed by atoms with Crippen LogP contribution in [0.25, 0.3) is 0 Å². The van der Waals surface area contributed by atoms with Crippen LogP contribution >= 0.6 is 22.6 Å². The molecule has 0 spiro atoms. The number of halogens is 2. The molecule has 1 rings (SSSR count). The lowest BCUT2D eigenvalue weighted by Crippen LogP contribution is -1.98. The number of benzene rings is 1. The van der Waals surface area contributed by atoms with Crippen LogP contribution < -0.4 is 0 Å². The maximum atomic E-state index is 12.5. The van der Waals surface area contributed by atoms with Crippen LogP contribution in [0.1, 0.15) is 36.8 Å². The van der Waals surface area contributed by atoms with Gasteiger partial charge in [0, 0.05) is 9.49 Å². The summed E-state index contributed by atoms with van der Waals surface area (Å²) in [6.07, 6.45) is 3.47. The molecule has 1 unspecified atom stereocenters. The molecular weight excluding hydrogens is 302 g/mol. The van der Waals surface area contributed by atoms with E-state index in [1.807, 2.05) is 6.07 Å². The summed E-state index contributed by atoms with van der Waals surface area (Å²) in [4.78, 5) is 0. The van der Waals surface area contributed by atoms with E-state index in [2.05, 4.69) is 48.6 Å². The molecule has 15 heavy (non-hydrogen) atoms. The van der Waals surface area contributed by atoms with E-state index in [-0.39, 0.29) is 12.6 Å². The molecule has 1 atom stereocenters. The number of hydrogen-bond donors (Lipinski definition) is 0. The van der Waals surface area contributed by atoms with Crippen molar-refractivity contribution in [3.05, 3.63) is 39.8 Å². The lowest BCUT2D eigenvalue weighted by Gasteiger charge is -2.10. The van der Waals surface area contributed by atoms with Crippen molar-refractivity contribution < 1.29 is 4.39 Å². The third kappa shape index (κ3) is 4.09. The first-order chi connectivity index (χ1) is 7.17. The highest BCUT2D eigenvalue weighted by atomic mass is 127. The molecule has 2 heteroatoms. The Morgan fingerprint density at radius 3 is 2.73 bits per heavy atom. The first-order valence-corrected chi connectivity index (χ1v) is 6.43. The van der Waals surface area contributed by atoms with Crippen LogP contribution in [0, 0.1) is 10.5 Å². The van der Waals surface area contributed by atoms with Gasteiger partial charge in [0.1, 0.15) is 0 Å². The van der Waals surface area contributed by atoms with E-state index in [1.165, 1.54) is 22.0 Å². The molecule has 0 saturated carbocycles. The molecule has 0 fully saturated rings. The second kappa shape index (κ2) is 6.46. The van der Waals surface area contributed by atoms with E-state index >= 15 is 0 Å². The average molecular weight is 319 g/mol. The predicted molar refractivity (Wildman–Crippen MR) is 71.8 cm³/mol. The highest BCUT2D eigenvalue weighted by molar-refractivity contribution is 14.1. The van der Waals surface area contributed by atoms with E-state index in [1.54, 1.807) is 0 Å². The molecule has 0 heterocycles. The summed E-state index contributed by atoms with van der Waals surface area (Å²) in [6.45, 7) is 5.61. The van der Waals surface area contributed by atoms with Crippen molar-refractivity contribution >= 4 is 22.6 Å². The normalized spacial score (nSPS) is 12.8. The fraction of sp³-hybridized carbons (Fsp3) is 0.462. The summed E-state index contributed by atoms with van der Waals surface area (Å²) >= 11 is 2.28. The average Bonchev–Trinajstić information content (AvgIpc) is 2.24. The highest BCUT2D eigenvalue weighted by Crippen LogP contribution is 2.21. The predicted octanol–water partition coefficient (Wildman–Crippen LogP) is 4.52.